The molecule has 0 bridgehead atoms. The Bertz CT molecular complexity index is 617. The first-order chi connectivity index (χ1) is 9.51. The van der Waals surface area contributed by atoms with Crippen LogP contribution < -0.4 is 4.74 Å². The van der Waals surface area contributed by atoms with Crippen molar-refractivity contribution in [2.75, 3.05) is 7.11 Å². The molecular weight excluding hydrogens is 302 g/mol. The van der Waals surface area contributed by atoms with Gasteiger partial charge in [0, 0.05) is 6.42 Å². The molecule has 0 fully saturated rings. The quantitative estimate of drug-likeness (QED) is 0.905. The maximum atomic E-state index is 13.3. The Kier molecular flexibility index (Phi) is 4.86. The van der Waals surface area contributed by atoms with Gasteiger partial charge in [0.2, 0.25) is 0 Å². The topological polar surface area (TPSA) is 29.5 Å². The summed E-state index contributed by atoms with van der Waals surface area (Å²) in [5.41, 5.74) is 1.30. The number of halogens is 3. The van der Waals surface area contributed by atoms with Gasteiger partial charge in [-0.25, -0.2) is 4.39 Å². The summed E-state index contributed by atoms with van der Waals surface area (Å²) in [5, 5.41) is 10.7. The number of hydrogen-bond donors (Lipinski definition) is 1. The highest BCUT2D eigenvalue weighted by molar-refractivity contribution is 6.32. The number of benzene rings is 2. The molecule has 0 aromatic heterocycles. The van der Waals surface area contributed by atoms with Gasteiger partial charge in [-0.3, -0.25) is 0 Å². The van der Waals surface area contributed by atoms with Crippen LogP contribution in [0, 0.1) is 5.82 Å². The van der Waals surface area contributed by atoms with E-state index in [2.05, 4.69) is 0 Å². The molecule has 106 valence electrons. The Balaban J connectivity index is 2.17. The summed E-state index contributed by atoms with van der Waals surface area (Å²) in [7, 11) is 1.52. The van der Waals surface area contributed by atoms with Gasteiger partial charge in [0.1, 0.15) is 11.6 Å². The molecule has 0 aliphatic rings. The lowest BCUT2D eigenvalue weighted by molar-refractivity contribution is 0.178. The summed E-state index contributed by atoms with van der Waals surface area (Å²) in [6.45, 7) is 0. The SMILES string of the molecule is COc1ccc(C(O)Cc2ccc(Cl)c(F)c2)cc1Cl. The molecule has 2 nitrogen and oxygen atoms in total. The van der Waals surface area contributed by atoms with Gasteiger partial charge in [-0.1, -0.05) is 35.3 Å². The smallest absolute Gasteiger partial charge is 0.142 e. The first kappa shape index (κ1) is 15.1. The van der Waals surface area contributed by atoms with E-state index in [0.717, 1.165) is 0 Å². The Hall–Kier alpha value is -1.29. The van der Waals surface area contributed by atoms with Crippen LogP contribution in [0.25, 0.3) is 0 Å². The van der Waals surface area contributed by atoms with Gasteiger partial charge >= 0.3 is 0 Å². The van der Waals surface area contributed by atoms with Crippen molar-refractivity contribution in [1.82, 2.24) is 0 Å². The molecule has 20 heavy (non-hydrogen) atoms. The largest absolute Gasteiger partial charge is 0.495 e. The highest BCUT2D eigenvalue weighted by atomic mass is 35.5. The number of methoxy groups -OCH3 is 1. The second-order valence-electron chi connectivity index (χ2n) is 4.36. The molecule has 0 spiro atoms. The predicted octanol–water partition coefficient (Wildman–Crippen LogP) is 4.42. The van der Waals surface area contributed by atoms with Crippen molar-refractivity contribution in [3.8, 4) is 5.75 Å². The van der Waals surface area contributed by atoms with Crippen LogP contribution in [-0.2, 0) is 6.42 Å². The lowest BCUT2D eigenvalue weighted by atomic mass is 10.0. The van der Waals surface area contributed by atoms with Crippen molar-refractivity contribution in [2.24, 2.45) is 0 Å². The van der Waals surface area contributed by atoms with Crippen molar-refractivity contribution in [1.29, 1.82) is 0 Å². The van der Waals surface area contributed by atoms with Gasteiger partial charge in [-0.05, 0) is 35.4 Å². The molecule has 0 saturated carbocycles. The van der Waals surface area contributed by atoms with Crippen molar-refractivity contribution < 1.29 is 14.2 Å². The van der Waals surface area contributed by atoms with E-state index >= 15 is 0 Å². The van der Waals surface area contributed by atoms with Crippen LogP contribution in [0.2, 0.25) is 10.0 Å². The number of aliphatic hydroxyl groups excluding tert-OH is 1. The molecule has 1 N–H and O–H groups in total. The molecule has 0 heterocycles. The fraction of sp³-hybridized carbons (Fsp3) is 0.200. The van der Waals surface area contributed by atoms with E-state index in [1.165, 1.54) is 19.2 Å². The van der Waals surface area contributed by atoms with Crippen LogP contribution in [0.1, 0.15) is 17.2 Å². The summed E-state index contributed by atoms with van der Waals surface area (Å²) in [5.74, 6) is 0.0456. The molecule has 2 aromatic rings. The van der Waals surface area contributed by atoms with Crippen LogP contribution in [0.15, 0.2) is 36.4 Å². The Labute approximate surface area is 126 Å². The first-order valence-electron chi connectivity index (χ1n) is 5.96. The van der Waals surface area contributed by atoms with Crippen LogP contribution in [0.4, 0.5) is 4.39 Å². The summed E-state index contributed by atoms with van der Waals surface area (Å²) in [6.07, 6.45) is -0.504. The average Bonchev–Trinajstić information content (AvgIpc) is 2.42. The van der Waals surface area contributed by atoms with Crippen molar-refractivity contribution in [3.63, 3.8) is 0 Å². The molecule has 0 amide bonds. The zero-order valence-corrected chi connectivity index (χ0v) is 12.2. The Morgan fingerprint density at radius 3 is 2.50 bits per heavy atom. The second-order valence-corrected chi connectivity index (χ2v) is 5.18. The zero-order chi connectivity index (χ0) is 14.7. The number of aliphatic hydroxyl groups is 1. The van der Waals surface area contributed by atoms with Crippen LogP contribution in [0.5, 0.6) is 5.75 Å². The molecular formula is C15H13Cl2FO2. The molecule has 1 atom stereocenters. The van der Waals surface area contributed by atoms with Gasteiger partial charge in [0.25, 0.3) is 0 Å². The fourth-order valence-corrected chi connectivity index (χ4v) is 2.28. The highest BCUT2D eigenvalue weighted by Gasteiger charge is 2.12. The Morgan fingerprint density at radius 1 is 1.15 bits per heavy atom. The third-order valence-electron chi connectivity index (χ3n) is 2.97. The lowest BCUT2D eigenvalue weighted by Crippen LogP contribution is -2.02. The minimum absolute atomic E-state index is 0.0655. The van der Waals surface area contributed by atoms with Crippen LogP contribution in [0.3, 0.4) is 0 Å². The maximum Gasteiger partial charge on any atom is 0.142 e. The van der Waals surface area contributed by atoms with E-state index in [4.69, 9.17) is 27.9 Å². The molecule has 1 unspecified atom stereocenters. The standard InChI is InChI=1S/C15H13Cl2FO2/c1-20-15-5-3-10(8-12(15)17)14(19)7-9-2-4-11(16)13(18)6-9/h2-6,8,14,19H,7H2,1H3. The number of hydrogen-bond acceptors (Lipinski definition) is 2. The molecule has 0 aliphatic carbocycles. The molecule has 0 saturated heterocycles. The van der Waals surface area contributed by atoms with Gasteiger partial charge in [0.05, 0.1) is 23.3 Å². The third kappa shape index (κ3) is 3.42. The van der Waals surface area contributed by atoms with Gasteiger partial charge in [0.15, 0.2) is 0 Å². The normalized spacial score (nSPS) is 12.2. The molecule has 0 radical (unpaired) electrons. The number of ether oxygens (including phenoxy) is 1. The Morgan fingerprint density at radius 2 is 1.90 bits per heavy atom. The minimum Gasteiger partial charge on any atom is -0.495 e. The summed E-state index contributed by atoms with van der Waals surface area (Å²) < 4.78 is 18.4. The van der Waals surface area contributed by atoms with E-state index in [-0.39, 0.29) is 11.4 Å². The minimum atomic E-state index is -0.779. The van der Waals surface area contributed by atoms with Crippen molar-refractivity contribution >= 4 is 23.2 Å². The van der Waals surface area contributed by atoms with Gasteiger partial charge in [-0.2, -0.15) is 0 Å². The zero-order valence-electron chi connectivity index (χ0n) is 10.7. The van der Waals surface area contributed by atoms with Crippen LogP contribution >= 0.6 is 23.2 Å². The number of rotatable bonds is 4. The lowest BCUT2D eigenvalue weighted by Gasteiger charge is -2.13. The average molecular weight is 315 g/mol. The molecule has 5 heteroatoms. The van der Waals surface area contributed by atoms with Crippen LogP contribution in [-0.4, -0.2) is 12.2 Å². The molecule has 2 aromatic carbocycles. The van der Waals surface area contributed by atoms with Crippen molar-refractivity contribution in [2.45, 2.75) is 12.5 Å². The van der Waals surface area contributed by atoms with Crippen molar-refractivity contribution in [3.05, 3.63) is 63.4 Å². The van der Waals surface area contributed by atoms with E-state index in [0.29, 0.717) is 21.9 Å². The first-order valence-corrected chi connectivity index (χ1v) is 6.72. The summed E-state index contributed by atoms with van der Waals surface area (Å²) in [4.78, 5) is 0. The fourth-order valence-electron chi connectivity index (χ4n) is 1.90. The van der Waals surface area contributed by atoms with Gasteiger partial charge < -0.3 is 9.84 Å². The molecule has 0 aliphatic heterocycles. The maximum absolute atomic E-state index is 13.3. The van der Waals surface area contributed by atoms with Gasteiger partial charge in [-0.15, -0.1) is 0 Å². The molecule has 2 rings (SSSR count). The van der Waals surface area contributed by atoms with E-state index in [1.54, 1.807) is 24.3 Å². The predicted molar refractivity (Wildman–Crippen MR) is 78.1 cm³/mol. The van der Waals surface area contributed by atoms with E-state index in [9.17, 15) is 9.50 Å². The highest BCUT2D eigenvalue weighted by Crippen LogP contribution is 2.29. The summed E-state index contributed by atoms with van der Waals surface area (Å²) in [6, 6.07) is 9.51. The monoisotopic (exact) mass is 314 g/mol. The third-order valence-corrected chi connectivity index (χ3v) is 3.58. The van der Waals surface area contributed by atoms with E-state index < -0.39 is 11.9 Å². The second kappa shape index (κ2) is 6.44. The summed E-state index contributed by atoms with van der Waals surface area (Å²) >= 11 is 11.6. The van der Waals surface area contributed by atoms with E-state index in [1.807, 2.05) is 0 Å².